The number of carbonyl (C=O) groups excluding carboxylic acids is 1. The largest absolute Gasteiger partial charge is 0.438 e. The molecule has 0 saturated heterocycles. The molecule has 4 rings (SSSR count). The molecule has 7 nitrogen and oxygen atoms in total. The van der Waals surface area contributed by atoms with E-state index in [2.05, 4.69) is 28.9 Å². The minimum atomic E-state index is -3.77. The van der Waals surface area contributed by atoms with Crippen molar-refractivity contribution in [3.8, 4) is 11.6 Å². The number of carbonyl (C=O) groups is 1. The van der Waals surface area contributed by atoms with Crippen LogP contribution >= 0.6 is 0 Å². The number of rotatable bonds is 9. The molecular weight excluding hydrogens is 462 g/mol. The first-order valence-electron chi connectivity index (χ1n) is 12.0. The first-order chi connectivity index (χ1) is 16.8. The summed E-state index contributed by atoms with van der Waals surface area (Å²) in [5.74, 6) is 0.805. The van der Waals surface area contributed by atoms with Gasteiger partial charge in [0.1, 0.15) is 11.3 Å². The van der Waals surface area contributed by atoms with Crippen LogP contribution in [0.4, 0.5) is 5.69 Å². The zero-order valence-corrected chi connectivity index (χ0v) is 20.8. The zero-order chi connectivity index (χ0) is 24.8. The van der Waals surface area contributed by atoms with Crippen molar-refractivity contribution in [3.63, 3.8) is 0 Å². The van der Waals surface area contributed by atoms with Gasteiger partial charge in [0.2, 0.25) is 5.88 Å². The van der Waals surface area contributed by atoms with Gasteiger partial charge < -0.3 is 10.1 Å². The maximum absolute atomic E-state index is 12.9. The van der Waals surface area contributed by atoms with Crippen LogP contribution in [0.5, 0.6) is 11.6 Å². The highest BCUT2D eigenvalue weighted by Gasteiger charge is 2.21. The Morgan fingerprint density at radius 1 is 1.06 bits per heavy atom. The van der Waals surface area contributed by atoms with Gasteiger partial charge in [0.05, 0.1) is 10.6 Å². The Hall–Kier alpha value is -3.39. The molecule has 1 saturated carbocycles. The molecule has 8 heteroatoms. The van der Waals surface area contributed by atoms with Crippen LogP contribution in [0, 0.1) is 5.92 Å². The number of ether oxygens (including phenoxy) is 1. The van der Waals surface area contributed by atoms with Gasteiger partial charge >= 0.3 is 0 Å². The fraction of sp³-hybridized carbons (Fsp3) is 0.333. The normalized spacial score (nSPS) is 14.1. The Balaban J connectivity index is 1.47. The zero-order valence-electron chi connectivity index (χ0n) is 20.0. The Kier molecular flexibility index (Phi) is 7.70. The summed E-state index contributed by atoms with van der Waals surface area (Å²) in [7, 11) is -3.77. The predicted octanol–water partition coefficient (Wildman–Crippen LogP) is 5.55. The van der Waals surface area contributed by atoms with E-state index in [0.29, 0.717) is 22.9 Å². The van der Waals surface area contributed by atoms with Gasteiger partial charge in [-0.25, -0.2) is 13.4 Å². The van der Waals surface area contributed by atoms with E-state index in [0.717, 1.165) is 37.7 Å². The van der Waals surface area contributed by atoms with Gasteiger partial charge in [-0.05, 0) is 67.1 Å². The summed E-state index contributed by atoms with van der Waals surface area (Å²) >= 11 is 0. The number of amides is 1. The Morgan fingerprint density at radius 3 is 2.51 bits per heavy atom. The average Bonchev–Trinajstić information content (AvgIpc) is 3.32. The molecule has 0 radical (unpaired) electrons. The van der Waals surface area contributed by atoms with E-state index in [1.54, 1.807) is 54.7 Å². The predicted molar refractivity (Wildman–Crippen MR) is 136 cm³/mol. The summed E-state index contributed by atoms with van der Waals surface area (Å²) in [4.78, 5) is 17.2. The maximum Gasteiger partial charge on any atom is 0.261 e. The lowest BCUT2D eigenvalue weighted by Gasteiger charge is -2.14. The molecule has 0 unspecified atom stereocenters. The first-order valence-corrected chi connectivity index (χ1v) is 13.4. The third-order valence-electron chi connectivity index (χ3n) is 5.88. The van der Waals surface area contributed by atoms with Crippen molar-refractivity contribution in [1.29, 1.82) is 0 Å². The van der Waals surface area contributed by atoms with E-state index < -0.39 is 10.0 Å². The highest BCUT2D eigenvalue weighted by molar-refractivity contribution is 7.92. The molecule has 1 aromatic heterocycles. The Bertz CT molecular complexity index is 1270. The summed E-state index contributed by atoms with van der Waals surface area (Å²) in [6.45, 7) is 4.24. The number of aromatic nitrogens is 1. The van der Waals surface area contributed by atoms with Crippen molar-refractivity contribution < 1.29 is 17.9 Å². The van der Waals surface area contributed by atoms with Crippen LogP contribution in [-0.2, 0) is 16.4 Å². The first kappa shape index (κ1) is 24.7. The number of anilines is 1. The lowest BCUT2D eigenvalue weighted by atomic mass is 10.0. The smallest absolute Gasteiger partial charge is 0.261 e. The minimum absolute atomic E-state index is 0.170. The van der Waals surface area contributed by atoms with Crippen LogP contribution in [0.15, 0.2) is 71.8 Å². The Morgan fingerprint density at radius 2 is 1.80 bits per heavy atom. The van der Waals surface area contributed by atoms with E-state index in [9.17, 15) is 13.2 Å². The molecule has 35 heavy (non-hydrogen) atoms. The van der Waals surface area contributed by atoms with Crippen LogP contribution in [0.25, 0.3) is 0 Å². The molecule has 1 amide bonds. The minimum Gasteiger partial charge on any atom is -0.438 e. The summed E-state index contributed by atoms with van der Waals surface area (Å²) in [5.41, 5.74) is 1.78. The second-order valence-electron chi connectivity index (χ2n) is 9.29. The highest BCUT2D eigenvalue weighted by Crippen LogP contribution is 2.27. The number of sulfonamides is 1. The third kappa shape index (κ3) is 6.60. The molecule has 2 N–H and O–H groups in total. The van der Waals surface area contributed by atoms with E-state index in [1.807, 2.05) is 12.1 Å². The number of pyridine rings is 1. The van der Waals surface area contributed by atoms with E-state index in [4.69, 9.17) is 4.74 Å². The van der Waals surface area contributed by atoms with Crippen LogP contribution in [-0.4, -0.2) is 25.4 Å². The molecule has 0 spiro atoms. The van der Waals surface area contributed by atoms with Crippen LogP contribution in [0.2, 0.25) is 0 Å². The topological polar surface area (TPSA) is 97.4 Å². The number of benzene rings is 2. The molecule has 1 heterocycles. The van der Waals surface area contributed by atoms with Gasteiger partial charge in [-0.3, -0.25) is 9.52 Å². The third-order valence-corrected chi connectivity index (χ3v) is 7.28. The molecule has 1 aliphatic carbocycles. The lowest BCUT2D eigenvalue weighted by Crippen LogP contribution is -2.32. The second kappa shape index (κ2) is 10.9. The average molecular weight is 494 g/mol. The highest BCUT2D eigenvalue weighted by atomic mass is 32.2. The number of nitrogens with zero attached hydrogens (tertiary/aromatic N) is 1. The quantitative estimate of drug-likeness (QED) is 0.408. The molecule has 0 bridgehead atoms. The maximum atomic E-state index is 12.9. The fourth-order valence-corrected chi connectivity index (χ4v) is 5.25. The van der Waals surface area contributed by atoms with Crippen molar-refractivity contribution in [2.75, 3.05) is 4.72 Å². The lowest BCUT2D eigenvalue weighted by molar-refractivity contribution is 0.0935. The number of hydrogen-bond acceptors (Lipinski definition) is 5. The summed E-state index contributed by atoms with van der Waals surface area (Å²) in [6.07, 6.45) is 6.63. The molecule has 0 atom stereocenters. The molecule has 2 aromatic carbocycles. The molecule has 184 valence electrons. The van der Waals surface area contributed by atoms with Crippen molar-refractivity contribution >= 4 is 21.6 Å². The SMILES string of the molecule is CC(C)Cc1ccc(S(=O)(=O)Nc2cccc(Oc3ncccc3C(=O)NC3CCCC3)c2)cc1. The number of nitrogens with one attached hydrogen (secondary N) is 2. The van der Waals surface area contributed by atoms with Crippen molar-refractivity contribution in [2.45, 2.75) is 56.9 Å². The summed E-state index contributed by atoms with van der Waals surface area (Å²) < 4.78 is 34.3. The standard InChI is InChI=1S/C27H31N3O4S/c1-19(2)17-20-12-14-24(15-13-20)35(32,33)30-22-9-5-10-23(18-22)34-27-25(11-6-16-28-27)26(31)29-21-7-3-4-8-21/h5-6,9-16,18-19,21,30H,3-4,7-8,17H2,1-2H3,(H,29,31). The molecule has 1 fully saturated rings. The number of hydrogen-bond donors (Lipinski definition) is 2. The molecule has 0 aliphatic heterocycles. The van der Waals surface area contributed by atoms with Gasteiger partial charge in [-0.15, -0.1) is 0 Å². The van der Waals surface area contributed by atoms with E-state index in [1.165, 1.54) is 0 Å². The molecular formula is C27H31N3O4S. The van der Waals surface area contributed by atoms with Crippen molar-refractivity contribution in [3.05, 3.63) is 78.0 Å². The van der Waals surface area contributed by atoms with Crippen molar-refractivity contribution in [2.24, 2.45) is 5.92 Å². The Labute approximate surface area is 207 Å². The van der Waals surface area contributed by atoms with Gasteiger partial charge in [-0.2, -0.15) is 0 Å². The van der Waals surface area contributed by atoms with Crippen molar-refractivity contribution in [1.82, 2.24) is 10.3 Å². The van der Waals surface area contributed by atoms with Gasteiger partial charge in [0.25, 0.3) is 15.9 Å². The van der Waals surface area contributed by atoms with Crippen LogP contribution in [0.3, 0.4) is 0 Å². The van der Waals surface area contributed by atoms with Crippen LogP contribution < -0.4 is 14.8 Å². The van der Waals surface area contributed by atoms with Gasteiger partial charge in [0.15, 0.2) is 0 Å². The van der Waals surface area contributed by atoms with Gasteiger partial charge in [0, 0.05) is 18.3 Å². The fourth-order valence-electron chi connectivity index (χ4n) is 4.20. The summed E-state index contributed by atoms with van der Waals surface area (Å²) in [6, 6.07) is 17.0. The molecule has 3 aromatic rings. The van der Waals surface area contributed by atoms with Gasteiger partial charge in [-0.1, -0.05) is 44.9 Å². The second-order valence-corrected chi connectivity index (χ2v) is 11.0. The monoisotopic (exact) mass is 493 g/mol. The summed E-state index contributed by atoms with van der Waals surface area (Å²) in [5, 5.41) is 3.05. The van der Waals surface area contributed by atoms with Crippen LogP contribution in [0.1, 0.15) is 55.5 Å². The van der Waals surface area contributed by atoms with E-state index in [-0.39, 0.29) is 22.7 Å². The van der Waals surface area contributed by atoms with E-state index >= 15 is 0 Å². The molecule has 1 aliphatic rings.